The van der Waals surface area contributed by atoms with E-state index in [4.69, 9.17) is 10.5 Å². The summed E-state index contributed by atoms with van der Waals surface area (Å²) in [5, 5.41) is 0. The average Bonchev–Trinajstić information content (AvgIpc) is 2.62. The minimum Gasteiger partial charge on any atom is -0.466 e. The largest absolute Gasteiger partial charge is 0.466 e. The molecule has 2 rings (SSSR count). The van der Waals surface area contributed by atoms with Gasteiger partial charge < -0.3 is 15.4 Å². The van der Waals surface area contributed by atoms with Crippen molar-refractivity contribution in [2.45, 2.75) is 51.1 Å². The molecule has 1 aliphatic heterocycles. The molecular weight excluding hydrogens is 232 g/mol. The quantitative estimate of drug-likeness (QED) is 0.748. The predicted molar refractivity (Wildman–Crippen MR) is 66.7 cm³/mol. The summed E-state index contributed by atoms with van der Waals surface area (Å²) in [5.41, 5.74) is 5.97. The normalized spacial score (nSPS) is 30.3. The lowest BCUT2D eigenvalue weighted by Crippen LogP contribution is -2.38. The van der Waals surface area contributed by atoms with Gasteiger partial charge >= 0.3 is 5.97 Å². The molecule has 0 aromatic rings. The highest BCUT2D eigenvalue weighted by molar-refractivity contribution is 5.81. The lowest BCUT2D eigenvalue weighted by atomic mass is 9.87. The first kappa shape index (κ1) is 13.3. The van der Waals surface area contributed by atoms with E-state index in [1.54, 1.807) is 6.92 Å². The van der Waals surface area contributed by atoms with Crippen LogP contribution in [0.1, 0.15) is 39.0 Å². The van der Waals surface area contributed by atoms with Crippen LogP contribution in [0.25, 0.3) is 0 Å². The Balaban J connectivity index is 1.81. The van der Waals surface area contributed by atoms with Crippen LogP contribution in [0.4, 0.5) is 0 Å². The van der Waals surface area contributed by atoms with Crippen LogP contribution < -0.4 is 5.73 Å². The maximum Gasteiger partial charge on any atom is 0.306 e. The van der Waals surface area contributed by atoms with Crippen molar-refractivity contribution in [1.29, 1.82) is 0 Å². The van der Waals surface area contributed by atoms with Crippen LogP contribution in [0.3, 0.4) is 0 Å². The monoisotopic (exact) mass is 254 g/mol. The number of nitrogens with zero attached hydrogens (tertiary/aromatic N) is 1. The zero-order chi connectivity index (χ0) is 13.1. The highest BCUT2D eigenvalue weighted by Gasteiger charge is 2.40. The molecular formula is C13H22N2O3. The fourth-order valence-electron chi connectivity index (χ4n) is 3.17. The van der Waals surface area contributed by atoms with Gasteiger partial charge in [0.05, 0.1) is 13.0 Å². The molecule has 1 amide bonds. The Bertz CT molecular complexity index is 332. The van der Waals surface area contributed by atoms with E-state index in [1.807, 2.05) is 4.90 Å². The fourth-order valence-corrected chi connectivity index (χ4v) is 3.17. The summed E-state index contributed by atoms with van der Waals surface area (Å²) in [6, 6.07) is 0.532. The van der Waals surface area contributed by atoms with E-state index in [1.165, 1.54) is 0 Å². The van der Waals surface area contributed by atoms with Crippen molar-refractivity contribution in [3.8, 4) is 0 Å². The number of nitrogens with two attached hydrogens (primary N) is 1. The van der Waals surface area contributed by atoms with Crippen molar-refractivity contribution in [2.75, 3.05) is 13.2 Å². The molecule has 5 nitrogen and oxygen atoms in total. The van der Waals surface area contributed by atoms with Crippen molar-refractivity contribution in [2.24, 2.45) is 11.7 Å². The molecule has 5 heteroatoms. The molecule has 18 heavy (non-hydrogen) atoms. The van der Waals surface area contributed by atoms with Crippen molar-refractivity contribution in [1.82, 2.24) is 4.90 Å². The van der Waals surface area contributed by atoms with Crippen molar-refractivity contribution in [3.05, 3.63) is 0 Å². The molecule has 1 saturated carbocycles. The van der Waals surface area contributed by atoms with E-state index in [0.29, 0.717) is 18.6 Å². The van der Waals surface area contributed by atoms with Crippen LogP contribution in [0, 0.1) is 5.92 Å². The topological polar surface area (TPSA) is 72.6 Å². The molecule has 3 unspecified atom stereocenters. The maximum atomic E-state index is 12.1. The standard InChI is InChI=1S/C13H22N2O3/c1-2-18-13(17)4-3-12(16)15-8-9-5-10(14)7-11(15)6-9/h9-11H,2-8,14H2,1H3. The number of rotatable bonds is 4. The second-order valence-electron chi connectivity index (χ2n) is 5.34. The summed E-state index contributed by atoms with van der Waals surface area (Å²) in [7, 11) is 0. The van der Waals surface area contributed by atoms with Crippen molar-refractivity contribution in [3.63, 3.8) is 0 Å². The third-order valence-corrected chi connectivity index (χ3v) is 3.88. The van der Waals surface area contributed by atoms with E-state index in [-0.39, 0.29) is 30.8 Å². The van der Waals surface area contributed by atoms with E-state index in [2.05, 4.69) is 0 Å². The number of ether oxygens (including phenoxy) is 1. The minimum absolute atomic E-state index is 0.0738. The van der Waals surface area contributed by atoms with Gasteiger partial charge in [-0.1, -0.05) is 0 Å². The molecule has 2 fully saturated rings. The minimum atomic E-state index is -0.287. The average molecular weight is 254 g/mol. The lowest BCUT2D eigenvalue weighted by molar-refractivity contribution is -0.145. The van der Waals surface area contributed by atoms with E-state index < -0.39 is 0 Å². The van der Waals surface area contributed by atoms with Gasteiger partial charge in [-0.2, -0.15) is 0 Å². The summed E-state index contributed by atoms with van der Waals surface area (Å²) >= 11 is 0. The van der Waals surface area contributed by atoms with Crippen molar-refractivity contribution < 1.29 is 14.3 Å². The number of hydrogen-bond acceptors (Lipinski definition) is 4. The molecule has 3 atom stereocenters. The van der Waals surface area contributed by atoms with Gasteiger partial charge in [0.2, 0.25) is 5.91 Å². The first-order valence-electron chi connectivity index (χ1n) is 6.80. The van der Waals surface area contributed by atoms with Gasteiger partial charge in [0.15, 0.2) is 0 Å². The molecule has 1 aliphatic carbocycles. The highest BCUT2D eigenvalue weighted by atomic mass is 16.5. The zero-order valence-electron chi connectivity index (χ0n) is 10.9. The summed E-state index contributed by atoms with van der Waals surface area (Å²) in [4.78, 5) is 25.2. The number of amides is 1. The SMILES string of the molecule is CCOC(=O)CCC(=O)N1CC2CC(N)CC1C2. The first-order valence-corrected chi connectivity index (χ1v) is 6.80. The number of esters is 1. The van der Waals surface area contributed by atoms with Crippen LogP contribution in [-0.4, -0.2) is 42.0 Å². The molecule has 102 valence electrons. The van der Waals surface area contributed by atoms with Crippen LogP contribution in [0.5, 0.6) is 0 Å². The predicted octanol–water partition coefficient (Wildman–Crippen LogP) is 0.668. The zero-order valence-corrected chi connectivity index (χ0v) is 10.9. The Morgan fingerprint density at radius 2 is 2.06 bits per heavy atom. The van der Waals surface area contributed by atoms with Gasteiger partial charge in [0, 0.05) is 25.0 Å². The van der Waals surface area contributed by atoms with Gasteiger partial charge in [-0.15, -0.1) is 0 Å². The molecule has 0 aromatic heterocycles. The van der Waals surface area contributed by atoms with Crippen LogP contribution >= 0.6 is 0 Å². The third-order valence-electron chi connectivity index (χ3n) is 3.88. The van der Waals surface area contributed by atoms with Crippen LogP contribution in [-0.2, 0) is 14.3 Å². The number of likely N-dealkylation sites (tertiary alicyclic amines) is 1. The molecule has 2 N–H and O–H groups in total. The van der Waals surface area contributed by atoms with Crippen molar-refractivity contribution >= 4 is 11.9 Å². The maximum absolute atomic E-state index is 12.1. The smallest absolute Gasteiger partial charge is 0.306 e. The second kappa shape index (κ2) is 5.69. The molecule has 1 saturated heterocycles. The lowest BCUT2D eigenvalue weighted by Gasteiger charge is -2.27. The molecule has 0 spiro atoms. The summed E-state index contributed by atoms with van der Waals surface area (Å²) in [6.45, 7) is 2.96. The van der Waals surface area contributed by atoms with Gasteiger partial charge in [-0.05, 0) is 32.1 Å². The Morgan fingerprint density at radius 3 is 2.78 bits per heavy atom. The first-order chi connectivity index (χ1) is 8.60. The van der Waals surface area contributed by atoms with E-state index >= 15 is 0 Å². The Kier molecular flexibility index (Phi) is 4.22. The Hall–Kier alpha value is -1.10. The second-order valence-corrected chi connectivity index (χ2v) is 5.34. The van der Waals surface area contributed by atoms with Gasteiger partial charge in [-0.25, -0.2) is 0 Å². The highest BCUT2D eigenvalue weighted by Crippen LogP contribution is 2.35. The summed E-state index contributed by atoms with van der Waals surface area (Å²) in [6.07, 6.45) is 3.46. The van der Waals surface area contributed by atoms with Crippen LogP contribution in [0.2, 0.25) is 0 Å². The third kappa shape index (κ3) is 3.02. The van der Waals surface area contributed by atoms with E-state index in [9.17, 15) is 9.59 Å². The molecule has 2 aliphatic rings. The molecule has 0 radical (unpaired) electrons. The molecule has 2 bridgehead atoms. The number of fused-ring (bicyclic) bond motifs is 2. The Labute approximate surface area is 108 Å². The number of carbonyl (C=O) groups is 2. The van der Waals surface area contributed by atoms with Gasteiger partial charge in [-0.3, -0.25) is 9.59 Å². The molecule has 0 aromatic carbocycles. The Morgan fingerprint density at radius 1 is 1.28 bits per heavy atom. The molecule has 1 heterocycles. The number of carbonyl (C=O) groups excluding carboxylic acids is 2. The van der Waals surface area contributed by atoms with E-state index in [0.717, 1.165) is 25.8 Å². The fraction of sp³-hybridized carbons (Fsp3) is 0.846. The van der Waals surface area contributed by atoms with Gasteiger partial charge in [0.25, 0.3) is 0 Å². The summed E-state index contributed by atoms with van der Waals surface area (Å²) < 4.78 is 4.83. The van der Waals surface area contributed by atoms with Crippen LogP contribution in [0.15, 0.2) is 0 Å². The summed E-state index contributed by atoms with van der Waals surface area (Å²) in [5.74, 6) is 0.347. The van der Waals surface area contributed by atoms with Gasteiger partial charge in [0.1, 0.15) is 0 Å². The number of hydrogen-bond donors (Lipinski definition) is 1.